The molecule has 3 rings (SSSR count). The Hall–Kier alpha value is -1.59. The first-order valence-corrected chi connectivity index (χ1v) is 6.22. The molecule has 0 spiro atoms. The van der Waals surface area contributed by atoms with Gasteiger partial charge in [-0.05, 0) is 18.2 Å². The van der Waals surface area contributed by atoms with Gasteiger partial charge in [-0.25, -0.2) is 4.98 Å². The van der Waals surface area contributed by atoms with E-state index in [0.717, 1.165) is 55.5 Å². The van der Waals surface area contributed by atoms with E-state index in [4.69, 9.17) is 9.15 Å². The molecule has 2 heterocycles. The molecule has 18 heavy (non-hydrogen) atoms. The fourth-order valence-electron chi connectivity index (χ4n) is 2.15. The van der Waals surface area contributed by atoms with Gasteiger partial charge in [0.25, 0.3) is 0 Å². The zero-order valence-electron chi connectivity index (χ0n) is 10.5. The number of ether oxygens (including phenoxy) is 1. The van der Waals surface area contributed by atoms with Gasteiger partial charge in [0.1, 0.15) is 5.52 Å². The van der Waals surface area contributed by atoms with E-state index in [1.54, 1.807) is 0 Å². The number of hydrogen-bond donors (Lipinski definition) is 1. The van der Waals surface area contributed by atoms with Crippen LogP contribution in [-0.4, -0.2) is 43.2 Å². The Bertz CT molecular complexity index is 532. The Morgan fingerprint density at radius 3 is 2.94 bits per heavy atom. The summed E-state index contributed by atoms with van der Waals surface area (Å²) < 4.78 is 11.1. The summed E-state index contributed by atoms with van der Waals surface area (Å²) in [5.74, 6) is 0.778. The quantitative estimate of drug-likeness (QED) is 0.894. The normalized spacial score (nSPS) is 17.2. The van der Waals surface area contributed by atoms with Crippen LogP contribution in [0.5, 0.6) is 0 Å². The van der Waals surface area contributed by atoms with E-state index in [1.165, 1.54) is 0 Å². The molecule has 0 bridgehead atoms. The number of nitrogens with zero attached hydrogens (tertiary/aromatic N) is 2. The van der Waals surface area contributed by atoms with E-state index in [9.17, 15) is 0 Å². The predicted octanol–water partition coefficient (Wildman–Crippen LogP) is 1.70. The zero-order valence-corrected chi connectivity index (χ0v) is 10.5. The Kier molecular flexibility index (Phi) is 3.17. The Morgan fingerprint density at radius 2 is 2.17 bits per heavy atom. The summed E-state index contributed by atoms with van der Waals surface area (Å²) >= 11 is 0. The topological polar surface area (TPSA) is 50.5 Å². The number of anilines is 1. The van der Waals surface area contributed by atoms with Crippen molar-refractivity contribution >= 4 is 16.8 Å². The third kappa shape index (κ3) is 2.32. The first-order valence-electron chi connectivity index (χ1n) is 6.22. The highest BCUT2D eigenvalue weighted by molar-refractivity contribution is 5.77. The lowest BCUT2D eigenvalue weighted by Crippen LogP contribution is -2.35. The first-order chi connectivity index (χ1) is 8.85. The fraction of sp³-hybridized carbons (Fsp3) is 0.462. The van der Waals surface area contributed by atoms with Crippen LogP contribution in [-0.2, 0) is 11.3 Å². The minimum Gasteiger partial charge on any atom is -0.439 e. The summed E-state index contributed by atoms with van der Waals surface area (Å²) in [4.78, 5) is 6.83. The third-order valence-electron chi connectivity index (χ3n) is 3.18. The van der Waals surface area contributed by atoms with Gasteiger partial charge in [0.15, 0.2) is 5.58 Å². The summed E-state index contributed by atoms with van der Waals surface area (Å²) in [5.41, 5.74) is 2.80. The molecular formula is C13H17N3O2. The predicted molar refractivity (Wildman–Crippen MR) is 69.7 cm³/mol. The number of morpholine rings is 1. The molecule has 0 aliphatic carbocycles. The van der Waals surface area contributed by atoms with Gasteiger partial charge in [-0.3, -0.25) is 4.90 Å². The lowest BCUT2D eigenvalue weighted by Gasteiger charge is -2.24. The molecule has 2 aromatic rings. The molecule has 0 saturated carbocycles. The van der Waals surface area contributed by atoms with Crippen LogP contribution in [0.2, 0.25) is 0 Å². The van der Waals surface area contributed by atoms with Crippen molar-refractivity contribution in [2.75, 3.05) is 38.7 Å². The second-order valence-corrected chi connectivity index (χ2v) is 4.43. The molecule has 0 atom stereocenters. The highest BCUT2D eigenvalue weighted by Gasteiger charge is 2.14. The molecule has 1 aromatic carbocycles. The third-order valence-corrected chi connectivity index (χ3v) is 3.18. The maximum atomic E-state index is 5.75. The number of rotatable bonds is 3. The van der Waals surface area contributed by atoms with E-state index in [2.05, 4.69) is 15.2 Å². The van der Waals surface area contributed by atoms with Gasteiger partial charge in [-0.2, -0.15) is 0 Å². The van der Waals surface area contributed by atoms with Crippen LogP contribution >= 0.6 is 0 Å². The molecule has 1 aliphatic heterocycles. The smallest absolute Gasteiger partial charge is 0.209 e. The van der Waals surface area contributed by atoms with Gasteiger partial charge in [-0.15, -0.1) is 0 Å². The van der Waals surface area contributed by atoms with Crippen molar-refractivity contribution in [1.29, 1.82) is 0 Å². The summed E-state index contributed by atoms with van der Waals surface area (Å²) in [6.07, 6.45) is 0. The molecule has 1 aliphatic rings. The second-order valence-electron chi connectivity index (χ2n) is 4.43. The molecule has 1 N–H and O–H groups in total. The summed E-state index contributed by atoms with van der Waals surface area (Å²) in [6.45, 7) is 4.24. The Balaban J connectivity index is 1.79. The Labute approximate surface area is 106 Å². The van der Waals surface area contributed by atoms with E-state index in [-0.39, 0.29) is 0 Å². The highest BCUT2D eigenvalue weighted by Crippen LogP contribution is 2.20. The number of fused-ring (bicyclic) bond motifs is 1. The molecule has 5 nitrogen and oxygen atoms in total. The van der Waals surface area contributed by atoms with Gasteiger partial charge >= 0.3 is 0 Å². The summed E-state index contributed by atoms with van der Waals surface area (Å²) in [5, 5.41) is 3.10. The van der Waals surface area contributed by atoms with Crippen molar-refractivity contribution in [1.82, 2.24) is 9.88 Å². The number of nitrogens with one attached hydrogen (secondary N) is 1. The molecule has 0 radical (unpaired) electrons. The van der Waals surface area contributed by atoms with E-state index in [1.807, 2.05) is 25.2 Å². The number of benzene rings is 1. The average molecular weight is 247 g/mol. The SMILES string of the molecule is CNc1ccc2oc(CN3CCOCC3)nc2c1. The van der Waals surface area contributed by atoms with Gasteiger partial charge in [-0.1, -0.05) is 0 Å². The van der Waals surface area contributed by atoms with Crippen LogP contribution in [0, 0.1) is 0 Å². The van der Waals surface area contributed by atoms with Crippen molar-refractivity contribution in [2.24, 2.45) is 0 Å². The standard InChI is InChI=1S/C13H17N3O2/c1-14-10-2-3-12-11(8-10)15-13(18-12)9-16-4-6-17-7-5-16/h2-3,8,14H,4-7,9H2,1H3. The van der Waals surface area contributed by atoms with Crippen LogP contribution in [0.3, 0.4) is 0 Å². The largest absolute Gasteiger partial charge is 0.439 e. The maximum absolute atomic E-state index is 5.75. The van der Waals surface area contributed by atoms with Crippen molar-refractivity contribution < 1.29 is 9.15 Å². The molecule has 0 amide bonds. The van der Waals surface area contributed by atoms with Crippen molar-refractivity contribution in [3.63, 3.8) is 0 Å². The molecule has 96 valence electrons. The highest BCUT2D eigenvalue weighted by atomic mass is 16.5. The van der Waals surface area contributed by atoms with Crippen LogP contribution in [0.1, 0.15) is 5.89 Å². The van der Waals surface area contributed by atoms with E-state index in [0.29, 0.717) is 0 Å². The second kappa shape index (κ2) is 4.96. The molecule has 1 aromatic heterocycles. The zero-order chi connectivity index (χ0) is 12.4. The molecule has 5 heteroatoms. The number of aromatic nitrogens is 1. The number of hydrogen-bond acceptors (Lipinski definition) is 5. The lowest BCUT2D eigenvalue weighted by molar-refractivity contribution is 0.0308. The van der Waals surface area contributed by atoms with Gasteiger partial charge in [0.2, 0.25) is 5.89 Å². The number of oxazole rings is 1. The maximum Gasteiger partial charge on any atom is 0.209 e. The summed E-state index contributed by atoms with van der Waals surface area (Å²) in [6, 6.07) is 5.95. The van der Waals surface area contributed by atoms with Gasteiger partial charge in [0.05, 0.1) is 19.8 Å². The molecule has 1 fully saturated rings. The van der Waals surface area contributed by atoms with Crippen LogP contribution in [0.15, 0.2) is 22.6 Å². The minimum absolute atomic E-state index is 0.757. The Morgan fingerprint density at radius 1 is 1.33 bits per heavy atom. The van der Waals surface area contributed by atoms with Gasteiger partial charge in [0, 0.05) is 25.8 Å². The van der Waals surface area contributed by atoms with E-state index < -0.39 is 0 Å². The summed E-state index contributed by atoms with van der Waals surface area (Å²) in [7, 11) is 1.90. The molecular weight excluding hydrogens is 230 g/mol. The van der Waals surface area contributed by atoms with Gasteiger partial charge < -0.3 is 14.5 Å². The first kappa shape index (κ1) is 11.5. The molecule has 0 unspecified atom stereocenters. The minimum atomic E-state index is 0.757. The van der Waals surface area contributed by atoms with Crippen molar-refractivity contribution in [2.45, 2.75) is 6.54 Å². The van der Waals surface area contributed by atoms with Crippen LogP contribution < -0.4 is 5.32 Å². The monoisotopic (exact) mass is 247 g/mol. The van der Waals surface area contributed by atoms with Crippen molar-refractivity contribution in [3.8, 4) is 0 Å². The van der Waals surface area contributed by atoms with Crippen LogP contribution in [0.4, 0.5) is 5.69 Å². The van der Waals surface area contributed by atoms with E-state index >= 15 is 0 Å². The average Bonchev–Trinajstić information content (AvgIpc) is 2.80. The van der Waals surface area contributed by atoms with Crippen LogP contribution in [0.25, 0.3) is 11.1 Å². The fourth-order valence-corrected chi connectivity index (χ4v) is 2.15. The lowest BCUT2D eigenvalue weighted by atomic mass is 10.3. The molecule has 1 saturated heterocycles. The van der Waals surface area contributed by atoms with Crippen molar-refractivity contribution in [3.05, 3.63) is 24.1 Å².